The molecule has 3 heteroatoms. The Morgan fingerprint density at radius 1 is 1.31 bits per heavy atom. The molecule has 0 spiro atoms. The second-order valence-electron chi connectivity index (χ2n) is 3.79. The van der Waals surface area contributed by atoms with Crippen molar-refractivity contribution < 1.29 is 4.52 Å². The molecule has 0 aliphatic rings. The summed E-state index contributed by atoms with van der Waals surface area (Å²) in [5, 5.41) is 7.08. The van der Waals surface area contributed by atoms with Crippen molar-refractivity contribution in [1.29, 1.82) is 0 Å². The normalized spacial score (nSPS) is 10.3. The molecule has 0 aliphatic heterocycles. The van der Waals surface area contributed by atoms with Crippen LogP contribution >= 0.6 is 0 Å². The van der Waals surface area contributed by atoms with Crippen molar-refractivity contribution in [2.24, 2.45) is 0 Å². The van der Waals surface area contributed by atoms with Gasteiger partial charge in [-0.1, -0.05) is 36.7 Å². The summed E-state index contributed by atoms with van der Waals surface area (Å²) in [5.74, 6) is 0. The first-order chi connectivity index (χ1) is 7.90. The van der Waals surface area contributed by atoms with Crippen molar-refractivity contribution in [3.8, 4) is 0 Å². The molecule has 1 heterocycles. The molecule has 2 rings (SSSR count). The smallest absolute Gasteiger partial charge is 0.128 e. The molecule has 0 saturated heterocycles. The van der Waals surface area contributed by atoms with Gasteiger partial charge < -0.3 is 9.84 Å². The fourth-order valence-corrected chi connectivity index (χ4v) is 1.69. The van der Waals surface area contributed by atoms with Crippen LogP contribution in [0.15, 0.2) is 41.2 Å². The Morgan fingerprint density at radius 3 is 2.94 bits per heavy atom. The van der Waals surface area contributed by atoms with E-state index in [9.17, 15) is 0 Å². The molecule has 0 aliphatic carbocycles. The van der Waals surface area contributed by atoms with E-state index in [-0.39, 0.29) is 0 Å². The molecule has 0 atom stereocenters. The van der Waals surface area contributed by atoms with Gasteiger partial charge in [0.25, 0.3) is 0 Å². The maximum atomic E-state index is 4.79. The second kappa shape index (κ2) is 5.35. The Balaban J connectivity index is 2.03. The average molecular weight is 216 g/mol. The first-order valence-electron chi connectivity index (χ1n) is 5.60. The zero-order valence-electron chi connectivity index (χ0n) is 9.44. The molecule has 0 fully saturated rings. The van der Waals surface area contributed by atoms with Gasteiger partial charge in [0.15, 0.2) is 0 Å². The molecule has 16 heavy (non-hydrogen) atoms. The van der Waals surface area contributed by atoms with Crippen molar-refractivity contribution in [2.75, 3.05) is 5.32 Å². The summed E-state index contributed by atoms with van der Waals surface area (Å²) in [6, 6.07) is 8.41. The second-order valence-corrected chi connectivity index (χ2v) is 3.79. The fraction of sp³-hybridized carbons (Fsp3) is 0.308. The van der Waals surface area contributed by atoms with E-state index < -0.39 is 0 Å². The number of aryl methyl sites for hydroxylation is 1. The average Bonchev–Trinajstić information content (AvgIpc) is 2.81. The molecule has 0 saturated carbocycles. The zero-order chi connectivity index (χ0) is 11.2. The Bertz CT molecular complexity index is 423. The molecule has 2 aromatic rings. The van der Waals surface area contributed by atoms with E-state index in [0.29, 0.717) is 0 Å². The van der Waals surface area contributed by atoms with Crippen LogP contribution in [0.2, 0.25) is 0 Å². The maximum Gasteiger partial charge on any atom is 0.128 e. The molecule has 0 unspecified atom stereocenters. The standard InChI is InChI=1S/C13H16N2O/c1-2-5-12-6-3-4-7-13(12)14-8-11-9-15-16-10-11/h3-4,6-7,9-10,14H,2,5,8H2,1H3. The van der Waals surface area contributed by atoms with Crippen molar-refractivity contribution in [3.05, 3.63) is 47.9 Å². The summed E-state index contributed by atoms with van der Waals surface area (Å²) in [6.07, 6.45) is 5.66. The predicted octanol–water partition coefficient (Wildman–Crippen LogP) is 3.24. The van der Waals surface area contributed by atoms with Gasteiger partial charge in [0.2, 0.25) is 0 Å². The summed E-state index contributed by atoms with van der Waals surface area (Å²) in [7, 11) is 0. The Labute approximate surface area is 95.5 Å². The number of para-hydroxylation sites is 1. The highest BCUT2D eigenvalue weighted by atomic mass is 16.5. The third kappa shape index (κ3) is 2.63. The minimum atomic E-state index is 0.754. The quantitative estimate of drug-likeness (QED) is 0.833. The molecule has 1 N–H and O–H groups in total. The van der Waals surface area contributed by atoms with Crippen molar-refractivity contribution in [2.45, 2.75) is 26.3 Å². The molecule has 84 valence electrons. The third-order valence-electron chi connectivity index (χ3n) is 2.50. The van der Waals surface area contributed by atoms with Crippen LogP contribution < -0.4 is 5.32 Å². The van der Waals surface area contributed by atoms with E-state index in [0.717, 1.165) is 24.9 Å². The lowest BCUT2D eigenvalue weighted by Gasteiger charge is -2.10. The SMILES string of the molecule is CCCc1ccccc1NCc1cnoc1. The predicted molar refractivity (Wildman–Crippen MR) is 64.3 cm³/mol. The van der Waals surface area contributed by atoms with Gasteiger partial charge in [0.05, 0.1) is 6.20 Å². The summed E-state index contributed by atoms with van der Waals surface area (Å²) in [5.41, 5.74) is 3.62. The first-order valence-corrected chi connectivity index (χ1v) is 5.60. The van der Waals surface area contributed by atoms with Gasteiger partial charge in [-0.3, -0.25) is 0 Å². The number of anilines is 1. The number of nitrogens with one attached hydrogen (secondary N) is 1. The third-order valence-corrected chi connectivity index (χ3v) is 2.50. The van der Waals surface area contributed by atoms with E-state index >= 15 is 0 Å². The minimum Gasteiger partial charge on any atom is -0.381 e. The van der Waals surface area contributed by atoms with E-state index in [4.69, 9.17) is 4.52 Å². The fourth-order valence-electron chi connectivity index (χ4n) is 1.69. The zero-order valence-corrected chi connectivity index (χ0v) is 9.44. The van der Waals surface area contributed by atoms with Crippen LogP contribution in [0.25, 0.3) is 0 Å². The number of hydrogen-bond acceptors (Lipinski definition) is 3. The van der Waals surface area contributed by atoms with Crippen molar-refractivity contribution >= 4 is 5.69 Å². The highest BCUT2D eigenvalue weighted by Gasteiger charge is 2.01. The monoisotopic (exact) mass is 216 g/mol. The van der Waals surface area contributed by atoms with Crippen LogP contribution in [0.5, 0.6) is 0 Å². The van der Waals surface area contributed by atoms with Crippen LogP contribution in [0, 0.1) is 0 Å². The lowest BCUT2D eigenvalue weighted by Crippen LogP contribution is -2.01. The Morgan fingerprint density at radius 2 is 2.19 bits per heavy atom. The molecule has 0 radical (unpaired) electrons. The van der Waals surface area contributed by atoms with Gasteiger partial charge in [-0.2, -0.15) is 0 Å². The number of hydrogen-bond donors (Lipinski definition) is 1. The summed E-state index contributed by atoms with van der Waals surface area (Å²) in [4.78, 5) is 0. The minimum absolute atomic E-state index is 0.754. The lowest BCUT2D eigenvalue weighted by molar-refractivity contribution is 0.419. The number of aromatic nitrogens is 1. The number of rotatable bonds is 5. The van der Waals surface area contributed by atoms with Crippen LogP contribution in [-0.2, 0) is 13.0 Å². The first kappa shape index (κ1) is 10.7. The van der Waals surface area contributed by atoms with Crippen LogP contribution in [0.4, 0.5) is 5.69 Å². The van der Waals surface area contributed by atoms with Crippen LogP contribution in [0.1, 0.15) is 24.5 Å². The molecular weight excluding hydrogens is 200 g/mol. The van der Waals surface area contributed by atoms with Crippen molar-refractivity contribution in [3.63, 3.8) is 0 Å². The van der Waals surface area contributed by atoms with Gasteiger partial charge in [-0.25, -0.2) is 0 Å². The molecule has 0 amide bonds. The Hall–Kier alpha value is -1.77. The molecule has 3 nitrogen and oxygen atoms in total. The van der Waals surface area contributed by atoms with Gasteiger partial charge in [0, 0.05) is 17.8 Å². The lowest BCUT2D eigenvalue weighted by atomic mass is 10.1. The topological polar surface area (TPSA) is 38.1 Å². The Kier molecular flexibility index (Phi) is 3.59. The number of nitrogens with zero attached hydrogens (tertiary/aromatic N) is 1. The van der Waals surface area contributed by atoms with Gasteiger partial charge in [0.1, 0.15) is 6.26 Å². The van der Waals surface area contributed by atoms with Gasteiger partial charge >= 0.3 is 0 Å². The van der Waals surface area contributed by atoms with Crippen LogP contribution in [-0.4, -0.2) is 5.16 Å². The molecular formula is C13H16N2O. The van der Waals surface area contributed by atoms with E-state index in [1.54, 1.807) is 12.5 Å². The van der Waals surface area contributed by atoms with Crippen LogP contribution in [0.3, 0.4) is 0 Å². The summed E-state index contributed by atoms with van der Waals surface area (Å²) in [6.45, 7) is 2.95. The van der Waals surface area contributed by atoms with E-state index in [2.05, 4.69) is 41.7 Å². The van der Waals surface area contributed by atoms with Gasteiger partial charge in [-0.15, -0.1) is 0 Å². The highest BCUT2D eigenvalue weighted by molar-refractivity contribution is 5.51. The van der Waals surface area contributed by atoms with E-state index in [1.807, 2.05) is 0 Å². The molecule has 1 aromatic carbocycles. The highest BCUT2D eigenvalue weighted by Crippen LogP contribution is 2.17. The van der Waals surface area contributed by atoms with Gasteiger partial charge in [-0.05, 0) is 18.1 Å². The summed E-state index contributed by atoms with van der Waals surface area (Å²) >= 11 is 0. The maximum absolute atomic E-state index is 4.79. The molecule has 1 aromatic heterocycles. The van der Waals surface area contributed by atoms with E-state index in [1.165, 1.54) is 11.3 Å². The summed E-state index contributed by atoms with van der Waals surface area (Å²) < 4.78 is 4.79. The molecule has 0 bridgehead atoms. The number of benzene rings is 1. The van der Waals surface area contributed by atoms with Crippen molar-refractivity contribution in [1.82, 2.24) is 5.16 Å². The largest absolute Gasteiger partial charge is 0.381 e.